The van der Waals surface area contributed by atoms with Gasteiger partial charge in [0.1, 0.15) is 12.3 Å². The molecule has 170 valence electrons. The quantitative estimate of drug-likeness (QED) is 0.732. The van der Waals surface area contributed by atoms with E-state index >= 15 is 0 Å². The zero-order chi connectivity index (χ0) is 22.1. The van der Waals surface area contributed by atoms with Crippen LogP contribution in [-0.2, 0) is 34.0 Å². The summed E-state index contributed by atoms with van der Waals surface area (Å²) in [7, 11) is 2.09. The number of cyclic esters (lactones) is 1. The lowest BCUT2D eigenvalue weighted by molar-refractivity contribution is -0.144. The van der Waals surface area contributed by atoms with Crippen molar-refractivity contribution in [1.29, 1.82) is 0 Å². The van der Waals surface area contributed by atoms with Crippen LogP contribution in [-0.4, -0.2) is 69.7 Å². The van der Waals surface area contributed by atoms with E-state index in [1.54, 1.807) is 10.9 Å². The Morgan fingerprint density at radius 1 is 1.35 bits per heavy atom. The molecule has 31 heavy (non-hydrogen) atoms. The first-order chi connectivity index (χ1) is 15.0. The van der Waals surface area contributed by atoms with E-state index in [0.29, 0.717) is 32.6 Å². The number of hydrogen-bond acceptors (Lipinski definition) is 8. The summed E-state index contributed by atoms with van der Waals surface area (Å²) < 4.78 is 13.5. The van der Waals surface area contributed by atoms with Gasteiger partial charge in [0.15, 0.2) is 0 Å². The second-order valence-corrected chi connectivity index (χ2v) is 8.45. The Morgan fingerprint density at radius 2 is 2.23 bits per heavy atom. The maximum Gasteiger partial charge on any atom is 0.305 e. The minimum atomic E-state index is -0.174. The molecule has 9 heteroatoms. The molecule has 0 unspecified atom stereocenters. The van der Waals surface area contributed by atoms with E-state index < -0.39 is 0 Å². The van der Waals surface area contributed by atoms with Gasteiger partial charge in [-0.2, -0.15) is 0 Å². The molecule has 2 aromatic heterocycles. The number of nitrogens with one attached hydrogen (secondary N) is 1. The third kappa shape index (κ3) is 8.01. The fourth-order valence-corrected chi connectivity index (χ4v) is 3.53. The number of pyridine rings is 1. The number of aromatic nitrogens is 4. The third-order valence-corrected chi connectivity index (χ3v) is 5.38. The van der Waals surface area contributed by atoms with Gasteiger partial charge in [0, 0.05) is 51.0 Å². The number of carbonyl (C=O) groups excluding carboxylic acids is 1. The van der Waals surface area contributed by atoms with E-state index in [1.165, 1.54) is 5.56 Å². The molecule has 0 saturated heterocycles. The van der Waals surface area contributed by atoms with Gasteiger partial charge in [0.2, 0.25) is 0 Å². The van der Waals surface area contributed by atoms with Gasteiger partial charge in [0.25, 0.3) is 0 Å². The normalized spacial score (nSPS) is 24.1. The first-order valence-electron chi connectivity index (χ1n) is 11.0. The van der Waals surface area contributed by atoms with E-state index in [9.17, 15) is 4.79 Å². The van der Waals surface area contributed by atoms with Crippen LogP contribution in [0.1, 0.15) is 37.9 Å². The number of nitrogens with zero attached hydrogens (tertiary/aromatic N) is 5. The summed E-state index contributed by atoms with van der Waals surface area (Å²) in [6.45, 7) is 7.95. The number of likely N-dealkylation sites (N-methyl/N-ethyl adjacent to an activating group) is 1. The molecule has 0 aromatic carbocycles. The van der Waals surface area contributed by atoms with Crippen molar-refractivity contribution in [2.45, 2.75) is 58.5 Å². The number of carbonyl (C=O) groups is 1. The Hall–Kier alpha value is -2.36. The molecule has 2 bridgehead atoms. The van der Waals surface area contributed by atoms with Crippen molar-refractivity contribution >= 4 is 5.97 Å². The summed E-state index contributed by atoms with van der Waals surface area (Å²) in [4.78, 5) is 18.4. The fraction of sp³-hybridized carbons (Fsp3) is 0.636. The molecule has 1 aliphatic rings. The highest BCUT2D eigenvalue weighted by molar-refractivity contribution is 5.69. The van der Waals surface area contributed by atoms with E-state index in [-0.39, 0.29) is 24.0 Å². The summed E-state index contributed by atoms with van der Waals surface area (Å²) in [5.74, 6) is 0.0739. The van der Waals surface area contributed by atoms with Crippen molar-refractivity contribution in [2.75, 3.05) is 26.7 Å². The zero-order valence-corrected chi connectivity index (χ0v) is 18.7. The molecular formula is C22H34N6O3. The van der Waals surface area contributed by atoms with Crippen molar-refractivity contribution in [3.8, 4) is 0 Å². The summed E-state index contributed by atoms with van der Waals surface area (Å²) >= 11 is 0. The second kappa shape index (κ2) is 11.9. The van der Waals surface area contributed by atoms with E-state index in [2.05, 4.69) is 45.6 Å². The number of rotatable bonds is 4. The molecule has 3 rings (SSSR count). The number of fused-ring (bicyclic) bond motifs is 2. The Kier molecular flexibility index (Phi) is 8.93. The Bertz CT molecular complexity index is 800. The van der Waals surface area contributed by atoms with Crippen molar-refractivity contribution in [2.24, 2.45) is 5.92 Å². The molecule has 2 aromatic rings. The van der Waals surface area contributed by atoms with Crippen LogP contribution in [0.3, 0.4) is 0 Å². The average molecular weight is 431 g/mol. The van der Waals surface area contributed by atoms with Crippen molar-refractivity contribution in [1.82, 2.24) is 30.2 Å². The average Bonchev–Trinajstić information content (AvgIpc) is 3.21. The SMILES string of the molecule is C[C@@H]1COC(=O)CCCn2cc(nn2)CO[C@H](CN(C)Cc2cccnc2)[C@H](C)CN1. The maximum absolute atomic E-state index is 11.9. The molecule has 0 radical (unpaired) electrons. The lowest BCUT2D eigenvalue weighted by Gasteiger charge is -2.29. The maximum atomic E-state index is 11.9. The topological polar surface area (TPSA) is 94.4 Å². The minimum Gasteiger partial charge on any atom is -0.464 e. The van der Waals surface area contributed by atoms with Crippen LogP contribution in [0, 0.1) is 5.92 Å². The highest BCUT2D eigenvalue weighted by atomic mass is 16.5. The van der Waals surface area contributed by atoms with Gasteiger partial charge < -0.3 is 14.8 Å². The number of ether oxygens (including phenoxy) is 2. The largest absolute Gasteiger partial charge is 0.464 e. The van der Waals surface area contributed by atoms with Gasteiger partial charge in [-0.1, -0.05) is 18.2 Å². The van der Waals surface area contributed by atoms with E-state index in [1.807, 2.05) is 25.4 Å². The highest BCUT2D eigenvalue weighted by Crippen LogP contribution is 2.14. The molecule has 3 heterocycles. The monoisotopic (exact) mass is 430 g/mol. The van der Waals surface area contributed by atoms with Gasteiger partial charge in [-0.25, -0.2) is 0 Å². The van der Waals surface area contributed by atoms with Crippen LogP contribution in [0.25, 0.3) is 0 Å². The van der Waals surface area contributed by atoms with Crippen LogP contribution in [0.4, 0.5) is 0 Å². The summed E-state index contributed by atoms with van der Waals surface area (Å²) in [5.41, 5.74) is 1.96. The molecule has 1 aliphatic heterocycles. The van der Waals surface area contributed by atoms with Crippen LogP contribution in [0.15, 0.2) is 30.7 Å². The molecule has 0 saturated carbocycles. The summed E-state index contributed by atoms with van der Waals surface area (Å²) in [5, 5.41) is 11.8. The smallest absolute Gasteiger partial charge is 0.305 e. The molecule has 9 nitrogen and oxygen atoms in total. The number of esters is 1. The Balaban J connectivity index is 1.65. The van der Waals surface area contributed by atoms with Crippen LogP contribution < -0.4 is 5.32 Å². The predicted molar refractivity (Wildman–Crippen MR) is 116 cm³/mol. The van der Waals surface area contributed by atoms with E-state index in [0.717, 1.165) is 25.3 Å². The number of hydrogen-bond donors (Lipinski definition) is 1. The van der Waals surface area contributed by atoms with Crippen molar-refractivity contribution in [3.05, 3.63) is 42.0 Å². The lowest BCUT2D eigenvalue weighted by Crippen LogP contribution is -2.42. The van der Waals surface area contributed by atoms with E-state index in [4.69, 9.17) is 9.47 Å². The third-order valence-electron chi connectivity index (χ3n) is 5.38. The first kappa shape index (κ1) is 23.3. The fourth-order valence-electron chi connectivity index (χ4n) is 3.53. The van der Waals surface area contributed by atoms with Gasteiger partial charge in [-0.05, 0) is 37.9 Å². The molecule has 0 spiro atoms. The Morgan fingerprint density at radius 3 is 3.03 bits per heavy atom. The van der Waals surface area contributed by atoms with Crippen molar-refractivity contribution in [3.63, 3.8) is 0 Å². The molecular weight excluding hydrogens is 396 g/mol. The van der Waals surface area contributed by atoms with Gasteiger partial charge in [-0.15, -0.1) is 5.10 Å². The van der Waals surface area contributed by atoms with Crippen molar-refractivity contribution < 1.29 is 14.3 Å². The molecule has 3 atom stereocenters. The summed E-state index contributed by atoms with van der Waals surface area (Å²) in [6, 6.07) is 4.12. The standard InChI is InChI=1S/C22H34N6O3/c1-17-10-24-18(2)15-31-22(29)7-5-9-28-13-20(25-26-28)16-30-21(17)14-27(3)12-19-6-4-8-23-11-19/h4,6,8,11,13,17-18,21,24H,5,7,9-10,12,14-16H2,1-3H3/t17-,18-,21-/m1/s1. The molecule has 1 N–H and O–H groups in total. The molecule has 0 fully saturated rings. The second-order valence-electron chi connectivity index (χ2n) is 8.45. The highest BCUT2D eigenvalue weighted by Gasteiger charge is 2.22. The Labute approximate surface area is 184 Å². The van der Waals surface area contributed by atoms with Gasteiger partial charge in [-0.3, -0.25) is 19.4 Å². The number of aryl methyl sites for hydroxylation is 1. The van der Waals surface area contributed by atoms with Crippen LogP contribution in [0.2, 0.25) is 0 Å². The zero-order valence-electron chi connectivity index (χ0n) is 18.7. The van der Waals surface area contributed by atoms with Crippen LogP contribution >= 0.6 is 0 Å². The van der Waals surface area contributed by atoms with Gasteiger partial charge in [0.05, 0.1) is 18.9 Å². The summed E-state index contributed by atoms with van der Waals surface area (Å²) in [6.07, 6.45) is 6.61. The van der Waals surface area contributed by atoms with Gasteiger partial charge >= 0.3 is 5.97 Å². The molecule has 0 aliphatic carbocycles. The first-order valence-corrected chi connectivity index (χ1v) is 11.0. The minimum absolute atomic E-state index is 0.00183. The lowest BCUT2D eigenvalue weighted by atomic mass is 10.0. The van der Waals surface area contributed by atoms with Crippen LogP contribution in [0.5, 0.6) is 0 Å². The predicted octanol–water partition coefficient (Wildman–Crippen LogP) is 1.64. The molecule has 0 amide bonds.